The molecule has 2 atom stereocenters. The first-order valence-corrected chi connectivity index (χ1v) is 11.7. The van der Waals surface area contributed by atoms with Gasteiger partial charge in [-0.1, -0.05) is 0 Å². The Labute approximate surface area is 191 Å². The van der Waals surface area contributed by atoms with Crippen molar-refractivity contribution < 1.29 is 4.79 Å². The fourth-order valence-electron chi connectivity index (χ4n) is 4.62. The standard InChI is InChI=1S/C22H28N8OS/c1-13-12-26-8-4-10-30(13)16-6-9-27-20(28-16)18(24)29-21(31)22(2)7-3-5-15-17(22)14(11-23)19(25)32-15/h6,9,13,26H,3-5,7-8,10,12,25H2,1-2H3,(H2,24,29,31)/t13-,22-/m0/s1. The lowest BCUT2D eigenvalue weighted by Gasteiger charge is -2.33. The molecule has 0 bridgehead atoms. The number of nitrogens with two attached hydrogens (primary N) is 1. The van der Waals surface area contributed by atoms with Crippen LogP contribution in [-0.2, 0) is 16.6 Å². The lowest BCUT2D eigenvalue weighted by atomic mass is 9.72. The van der Waals surface area contributed by atoms with Crippen molar-refractivity contribution in [2.75, 3.05) is 30.3 Å². The summed E-state index contributed by atoms with van der Waals surface area (Å²) in [5.74, 6) is 0.436. The second-order valence-electron chi connectivity index (χ2n) is 8.60. The van der Waals surface area contributed by atoms with E-state index in [-0.39, 0.29) is 23.6 Å². The maximum absolute atomic E-state index is 13.4. The Bertz CT molecular complexity index is 1090. The Balaban J connectivity index is 1.57. The third-order valence-electron chi connectivity index (χ3n) is 6.38. The van der Waals surface area contributed by atoms with E-state index in [4.69, 9.17) is 11.1 Å². The molecule has 0 radical (unpaired) electrons. The molecule has 1 fully saturated rings. The molecule has 0 unspecified atom stereocenters. The third-order valence-corrected chi connectivity index (χ3v) is 7.45. The Morgan fingerprint density at radius 2 is 2.31 bits per heavy atom. The van der Waals surface area contributed by atoms with Crippen molar-refractivity contribution in [3.8, 4) is 6.07 Å². The summed E-state index contributed by atoms with van der Waals surface area (Å²) in [5, 5.41) is 24.6. The molecule has 1 saturated heterocycles. The van der Waals surface area contributed by atoms with E-state index in [1.54, 1.807) is 6.20 Å². The van der Waals surface area contributed by atoms with Crippen LogP contribution in [0.5, 0.6) is 0 Å². The van der Waals surface area contributed by atoms with Crippen LogP contribution >= 0.6 is 11.3 Å². The highest BCUT2D eigenvalue weighted by Gasteiger charge is 2.43. The summed E-state index contributed by atoms with van der Waals surface area (Å²) in [7, 11) is 0. The second-order valence-corrected chi connectivity index (χ2v) is 9.74. The van der Waals surface area contributed by atoms with E-state index >= 15 is 0 Å². The molecule has 2 aromatic rings. The normalized spacial score (nSPS) is 23.0. The minimum Gasteiger partial charge on any atom is -0.389 e. The number of carbonyl (C=O) groups excluding carboxylic acids is 1. The molecular weight excluding hydrogens is 424 g/mol. The first-order valence-electron chi connectivity index (χ1n) is 10.9. The van der Waals surface area contributed by atoms with Crippen molar-refractivity contribution in [2.45, 2.75) is 51.0 Å². The lowest BCUT2D eigenvalue weighted by molar-refractivity contribution is -0.125. The Morgan fingerprint density at radius 3 is 3.09 bits per heavy atom. The van der Waals surface area contributed by atoms with Crippen LogP contribution in [0.4, 0.5) is 10.8 Å². The number of nitrogen functional groups attached to an aromatic ring is 1. The molecule has 3 heterocycles. The predicted octanol–water partition coefficient (Wildman–Crippen LogP) is 1.92. The van der Waals surface area contributed by atoms with Gasteiger partial charge in [0, 0.05) is 35.8 Å². The molecule has 5 N–H and O–H groups in total. The zero-order valence-electron chi connectivity index (χ0n) is 18.4. The highest BCUT2D eigenvalue weighted by molar-refractivity contribution is 7.16. The molecule has 32 heavy (non-hydrogen) atoms. The molecule has 0 spiro atoms. The van der Waals surface area contributed by atoms with Gasteiger partial charge in [-0.15, -0.1) is 11.3 Å². The number of nitrogens with zero attached hydrogens (tertiary/aromatic N) is 4. The van der Waals surface area contributed by atoms with E-state index in [2.05, 4.69) is 38.5 Å². The number of aromatic nitrogens is 2. The molecule has 1 aliphatic heterocycles. The number of fused-ring (bicyclic) bond motifs is 1. The molecule has 2 aromatic heterocycles. The highest BCUT2D eigenvalue weighted by atomic mass is 32.1. The molecular formula is C22H28N8OS. The summed E-state index contributed by atoms with van der Waals surface area (Å²) < 4.78 is 0. The van der Waals surface area contributed by atoms with Gasteiger partial charge in [-0.25, -0.2) is 9.97 Å². The van der Waals surface area contributed by atoms with Crippen LogP contribution in [0.2, 0.25) is 0 Å². The van der Waals surface area contributed by atoms with E-state index in [1.165, 1.54) is 11.3 Å². The Kier molecular flexibility index (Phi) is 6.13. The fourth-order valence-corrected chi connectivity index (χ4v) is 5.81. The number of aryl methyl sites for hydroxylation is 1. The van der Waals surface area contributed by atoms with Gasteiger partial charge in [-0.05, 0) is 52.1 Å². The Hall–Kier alpha value is -3.03. The largest absolute Gasteiger partial charge is 0.389 e. The van der Waals surface area contributed by atoms with E-state index in [0.717, 1.165) is 49.6 Å². The van der Waals surface area contributed by atoms with Crippen molar-refractivity contribution in [1.29, 1.82) is 10.7 Å². The van der Waals surface area contributed by atoms with Gasteiger partial charge in [0.15, 0.2) is 11.7 Å². The zero-order valence-corrected chi connectivity index (χ0v) is 19.2. The summed E-state index contributed by atoms with van der Waals surface area (Å²) in [5.41, 5.74) is 6.21. The van der Waals surface area contributed by atoms with Gasteiger partial charge in [-0.3, -0.25) is 10.2 Å². The van der Waals surface area contributed by atoms with Gasteiger partial charge >= 0.3 is 0 Å². The van der Waals surface area contributed by atoms with Gasteiger partial charge in [0.1, 0.15) is 16.9 Å². The number of rotatable bonds is 3. The smallest absolute Gasteiger partial charge is 0.236 e. The number of hydrogen-bond donors (Lipinski definition) is 4. The topological polar surface area (TPSA) is 144 Å². The van der Waals surface area contributed by atoms with Gasteiger partial charge in [-0.2, -0.15) is 5.26 Å². The van der Waals surface area contributed by atoms with Gasteiger partial charge in [0.05, 0.1) is 11.0 Å². The monoisotopic (exact) mass is 452 g/mol. The van der Waals surface area contributed by atoms with E-state index < -0.39 is 5.41 Å². The van der Waals surface area contributed by atoms with Crippen molar-refractivity contribution in [1.82, 2.24) is 20.6 Å². The van der Waals surface area contributed by atoms with Crippen LogP contribution < -0.4 is 21.3 Å². The van der Waals surface area contributed by atoms with Gasteiger partial charge < -0.3 is 21.3 Å². The minimum atomic E-state index is -0.929. The van der Waals surface area contributed by atoms with Crippen LogP contribution in [0, 0.1) is 16.7 Å². The van der Waals surface area contributed by atoms with Gasteiger partial charge in [0.2, 0.25) is 5.91 Å². The predicted molar refractivity (Wildman–Crippen MR) is 125 cm³/mol. The van der Waals surface area contributed by atoms with Crippen molar-refractivity contribution >= 4 is 33.9 Å². The molecule has 168 valence electrons. The average Bonchev–Trinajstić information content (AvgIpc) is 2.96. The quantitative estimate of drug-likeness (QED) is 0.411. The maximum atomic E-state index is 13.4. The zero-order chi connectivity index (χ0) is 22.9. The fraction of sp³-hybridized carbons (Fsp3) is 0.500. The maximum Gasteiger partial charge on any atom is 0.236 e. The first kappa shape index (κ1) is 22.2. The summed E-state index contributed by atoms with van der Waals surface area (Å²) in [6.45, 7) is 6.64. The number of hydrogen-bond acceptors (Lipinski definition) is 9. The van der Waals surface area contributed by atoms with Crippen LogP contribution in [0.25, 0.3) is 0 Å². The average molecular weight is 453 g/mol. The third kappa shape index (κ3) is 3.94. The van der Waals surface area contributed by atoms with Crippen LogP contribution in [-0.4, -0.2) is 47.4 Å². The Morgan fingerprint density at radius 1 is 1.50 bits per heavy atom. The number of carbonyl (C=O) groups is 1. The number of nitriles is 1. The second kappa shape index (κ2) is 8.84. The molecule has 4 rings (SSSR count). The number of nitrogens with one attached hydrogen (secondary N) is 3. The number of anilines is 2. The molecule has 9 nitrogen and oxygen atoms in total. The number of thiophene rings is 1. The summed E-state index contributed by atoms with van der Waals surface area (Å²) >= 11 is 1.38. The van der Waals surface area contributed by atoms with Crippen molar-refractivity contribution in [3.63, 3.8) is 0 Å². The van der Waals surface area contributed by atoms with E-state index in [0.29, 0.717) is 22.5 Å². The number of amides is 1. The number of amidine groups is 1. The van der Waals surface area contributed by atoms with E-state index in [9.17, 15) is 10.1 Å². The molecule has 0 aromatic carbocycles. The summed E-state index contributed by atoms with van der Waals surface area (Å²) in [4.78, 5) is 25.3. The van der Waals surface area contributed by atoms with Crippen LogP contribution in [0.15, 0.2) is 12.3 Å². The van der Waals surface area contributed by atoms with Crippen molar-refractivity contribution in [3.05, 3.63) is 34.1 Å². The lowest BCUT2D eigenvalue weighted by Crippen LogP contribution is -2.47. The van der Waals surface area contributed by atoms with Crippen LogP contribution in [0.1, 0.15) is 54.9 Å². The van der Waals surface area contributed by atoms with E-state index in [1.807, 2.05) is 13.0 Å². The first-order chi connectivity index (χ1) is 15.3. The summed E-state index contributed by atoms with van der Waals surface area (Å²) in [6.07, 6.45) is 4.84. The molecule has 0 saturated carbocycles. The summed E-state index contributed by atoms with van der Waals surface area (Å²) in [6, 6.07) is 4.26. The molecule has 10 heteroatoms. The van der Waals surface area contributed by atoms with Crippen LogP contribution in [0.3, 0.4) is 0 Å². The van der Waals surface area contributed by atoms with Crippen molar-refractivity contribution in [2.24, 2.45) is 0 Å². The SMILES string of the molecule is C[C@H]1CNCCCN1c1ccnc(C(=N)NC(=O)[C@@]2(C)CCCc3sc(N)c(C#N)c32)n1. The highest BCUT2D eigenvalue weighted by Crippen LogP contribution is 2.45. The minimum absolute atomic E-state index is 0.146. The molecule has 1 aliphatic carbocycles. The molecule has 2 aliphatic rings. The van der Waals surface area contributed by atoms with Gasteiger partial charge in [0.25, 0.3) is 0 Å². The molecule has 1 amide bonds.